The largest absolute Gasteiger partial charge is 0.444 e. The molecule has 0 radical (unpaired) electrons. The molecule has 2 rings (SSSR count). The lowest BCUT2D eigenvalue weighted by atomic mass is 10.1. The van der Waals surface area contributed by atoms with Crippen molar-refractivity contribution in [3.05, 3.63) is 46.5 Å². The minimum atomic E-state index is -1.17. The molecule has 2 N–H and O–H groups in total. The van der Waals surface area contributed by atoms with E-state index in [4.69, 9.17) is 4.74 Å². The molecule has 0 aliphatic rings. The minimum Gasteiger partial charge on any atom is -0.444 e. The number of nitrogens with zero attached hydrogens (tertiary/aromatic N) is 1. The Morgan fingerprint density at radius 1 is 1.35 bits per heavy atom. The van der Waals surface area contributed by atoms with Crippen LogP contribution in [0.4, 0.5) is 18.7 Å². The zero-order chi connectivity index (χ0) is 17.2. The second kappa shape index (κ2) is 6.59. The van der Waals surface area contributed by atoms with E-state index in [2.05, 4.69) is 10.3 Å². The van der Waals surface area contributed by atoms with Gasteiger partial charge in [0.25, 0.3) is 0 Å². The van der Waals surface area contributed by atoms with E-state index >= 15 is 0 Å². The summed E-state index contributed by atoms with van der Waals surface area (Å²) >= 11 is 1.01. The van der Waals surface area contributed by atoms with Gasteiger partial charge in [-0.05, 0) is 38.5 Å². The standard InChI is InChI=1S/C15H16F2N2O3S/c1-15(2,3)22-14(21)19-13-18-7-11(23-13)12(20)8-4-5-9(16)10(17)6-8/h4-7,12,20H,1-3H3,(H,18,19,21). The Balaban J connectivity index is 2.09. The molecule has 5 nitrogen and oxygen atoms in total. The predicted octanol–water partition coefficient (Wildman–Crippen LogP) is 3.85. The highest BCUT2D eigenvalue weighted by Crippen LogP contribution is 2.30. The lowest BCUT2D eigenvalue weighted by Crippen LogP contribution is -2.27. The number of aromatic nitrogens is 1. The average Bonchev–Trinajstić information content (AvgIpc) is 2.87. The summed E-state index contributed by atoms with van der Waals surface area (Å²) in [7, 11) is 0. The molecule has 0 aliphatic heterocycles. The van der Waals surface area contributed by atoms with Gasteiger partial charge in [0.15, 0.2) is 16.8 Å². The molecule has 8 heteroatoms. The fraction of sp³-hybridized carbons (Fsp3) is 0.333. The fourth-order valence-electron chi connectivity index (χ4n) is 1.71. The van der Waals surface area contributed by atoms with Gasteiger partial charge in [0.2, 0.25) is 0 Å². The Morgan fingerprint density at radius 3 is 2.65 bits per heavy atom. The first-order valence-corrected chi connectivity index (χ1v) is 7.56. The van der Waals surface area contributed by atoms with Crippen molar-refractivity contribution in [3.63, 3.8) is 0 Å². The fourth-order valence-corrected chi connectivity index (χ4v) is 2.52. The van der Waals surface area contributed by atoms with Crippen LogP contribution in [0.1, 0.15) is 37.3 Å². The molecule has 1 aromatic carbocycles. The van der Waals surface area contributed by atoms with Gasteiger partial charge in [-0.1, -0.05) is 17.4 Å². The summed E-state index contributed by atoms with van der Waals surface area (Å²) in [6.07, 6.45) is -0.485. The number of nitrogens with one attached hydrogen (secondary N) is 1. The number of ether oxygens (including phenoxy) is 1. The third-order valence-corrected chi connectivity index (χ3v) is 3.63. The van der Waals surface area contributed by atoms with Gasteiger partial charge in [0.05, 0.1) is 4.88 Å². The van der Waals surface area contributed by atoms with E-state index in [0.29, 0.717) is 4.88 Å². The number of carbonyl (C=O) groups excluding carboxylic acids is 1. The first-order valence-electron chi connectivity index (χ1n) is 6.74. The minimum absolute atomic E-state index is 0.191. The molecule has 0 aliphatic carbocycles. The number of hydrogen-bond donors (Lipinski definition) is 2. The maximum absolute atomic E-state index is 13.2. The van der Waals surface area contributed by atoms with E-state index in [1.54, 1.807) is 20.8 Å². The predicted molar refractivity (Wildman–Crippen MR) is 82.4 cm³/mol. The van der Waals surface area contributed by atoms with Crippen LogP contribution < -0.4 is 5.32 Å². The van der Waals surface area contributed by atoms with Crippen LogP contribution in [-0.2, 0) is 4.74 Å². The molecule has 23 heavy (non-hydrogen) atoms. The summed E-state index contributed by atoms with van der Waals surface area (Å²) in [6.45, 7) is 5.19. The van der Waals surface area contributed by atoms with E-state index < -0.39 is 29.4 Å². The molecule has 0 bridgehead atoms. The Kier molecular flexibility index (Phi) is 4.96. The number of halogens is 2. The number of amides is 1. The summed E-state index contributed by atoms with van der Waals surface area (Å²) in [4.78, 5) is 16.0. The van der Waals surface area contributed by atoms with Crippen LogP contribution >= 0.6 is 11.3 Å². The Labute approximate surface area is 135 Å². The van der Waals surface area contributed by atoms with Crippen LogP contribution in [0, 0.1) is 11.6 Å². The monoisotopic (exact) mass is 342 g/mol. The third kappa shape index (κ3) is 4.70. The molecule has 0 fully saturated rings. The summed E-state index contributed by atoms with van der Waals surface area (Å²) in [5.41, 5.74) is -0.452. The third-order valence-electron chi connectivity index (χ3n) is 2.66. The zero-order valence-corrected chi connectivity index (χ0v) is 13.6. The van der Waals surface area contributed by atoms with Crippen molar-refractivity contribution < 1.29 is 23.4 Å². The topological polar surface area (TPSA) is 71.5 Å². The van der Waals surface area contributed by atoms with Crippen LogP contribution in [-0.4, -0.2) is 21.8 Å². The van der Waals surface area contributed by atoms with Crippen molar-refractivity contribution in [3.8, 4) is 0 Å². The number of rotatable bonds is 3. The van der Waals surface area contributed by atoms with Crippen LogP contribution in [0.5, 0.6) is 0 Å². The number of hydrogen-bond acceptors (Lipinski definition) is 5. The SMILES string of the molecule is CC(C)(C)OC(=O)Nc1ncc(C(O)c2ccc(F)c(F)c2)s1. The lowest BCUT2D eigenvalue weighted by molar-refractivity contribution is 0.0636. The van der Waals surface area contributed by atoms with Crippen molar-refractivity contribution in [1.82, 2.24) is 4.98 Å². The number of aliphatic hydroxyl groups is 1. The van der Waals surface area contributed by atoms with Crippen molar-refractivity contribution in [2.24, 2.45) is 0 Å². The smallest absolute Gasteiger partial charge is 0.413 e. The van der Waals surface area contributed by atoms with Crippen LogP contribution in [0.15, 0.2) is 24.4 Å². The number of aliphatic hydroxyl groups excluding tert-OH is 1. The van der Waals surface area contributed by atoms with Crippen molar-refractivity contribution >= 4 is 22.6 Å². The first kappa shape index (κ1) is 17.3. The molecule has 1 unspecified atom stereocenters. The molecule has 1 heterocycles. The maximum Gasteiger partial charge on any atom is 0.413 e. The Hall–Kier alpha value is -2.06. The summed E-state index contributed by atoms with van der Waals surface area (Å²) in [5, 5.41) is 12.9. The number of anilines is 1. The van der Waals surface area contributed by atoms with Gasteiger partial charge in [-0.15, -0.1) is 0 Å². The van der Waals surface area contributed by atoms with Gasteiger partial charge in [-0.25, -0.2) is 18.6 Å². The molecule has 0 saturated carbocycles. The summed E-state index contributed by atoms with van der Waals surface area (Å²) in [6, 6.07) is 3.14. The van der Waals surface area contributed by atoms with Gasteiger partial charge in [0.1, 0.15) is 11.7 Å². The van der Waals surface area contributed by atoms with Gasteiger partial charge in [-0.2, -0.15) is 0 Å². The average molecular weight is 342 g/mol. The van der Waals surface area contributed by atoms with E-state index in [1.165, 1.54) is 12.3 Å². The number of thiazole rings is 1. The van der Waals surface area contributed by atoms with Gasteiger partial charge < -0.3 is 9.84 Å². The second-order valence-corrected chi connectivity index (χ2v) is 6.83. The first-order chi connectivity index (χ1) is 10.7. The quantitative estimate of drug-likeness (QED) is 0.889. The normalized spacial score (nSPS) is 12.8. The molecule has 124 valence electrons. The van der Waals surface area contributed by atoms with Crippen LogP contribution in [0.3, 0.4) is 0 Å². The summed E-state index contributed by atoms with van der Waals surface area (Å²) in [5.74, 6) is -2.03. The zero-order valence-electron chi connectivity index (χ0n) is 12.8. The number of benzene rings is 1. The maximum atomic E-state index is 13.2. The Morgan fingerprint density at radius 2 is 2.04 bits per heavy atom. The van der Waals surface area contributed by atoms with Crippen molar-refractivity contribution in [2.45, 2.75) is 32.5 Å². The van der Waals surface area contributed by atoms with Crippen LogP contribution in [0.2, 0.25) is 0 Å². The molecule has 0 saturated heterocycles. The highest BCUT2D eigenvalue weighted by molar-refractivity contribution is 7.15. The molecule has 1 aromatic heterocycles. The summed E-state index contributed by atoms with van der Waals surface area (Å²) < 4.78 is 31.2. The molecule has 1 atom stereocenters. The molecular weight excluding hydrogens is 326 g/mol. The Bertz CT molecular complexity index is 713. The van der Waals surface area contributed by atoms with Crippen LogP contribution in [0.25, 0.3) is 0 Å². The van der Waals surface area contributed by atoms with E-state index in [-0.39, 0.29) is 10.7 Å². The second-order valence-electron chi connectivity index (χ2n) is 5.77. The molecule has 1 amide bonds. The van der Waals surface area contributed by atoms with Gasteiger partial charge in [0, 0.05) is 6.20 Å². The molecule has 2 aromatic rings. The van der Waals surface area contributed by atoms with E-state index in [9.17, 15) is 18.7 Å². The lowest BCUT2D eigenvalue weighted by Gasteiger charge is -2.18. The molecule has 0 spiro atoms. The van der Waals surface area contributed by atoms with Crippen molar-refractivity contribution in [1.29, 1.82) is 0 Å². The van der Waals surface area contributed by atoms with Gasteiger partial charge in [-0.3, -0.25) is 5.32 Å². The number of carbonyl (C=O) groups is 1. The highest BCUT2D eigenvalue weighted by Gasteiger charge is 2.19. The van der Waals surface area contributed by atoms with Crippen molar-refractivity contribution in [2.75, 3.05) is 5.32 Å². The van der Waals surface area contributed by atoms with Gasteiger partial charge >= 0.3 is 6.09 Å². The molecular formula is C15H16F2N2O3S. The van der Waals surface area contributed by atoms with E-state index in [0.717, 1.165) is 23.5 Å². The van der Waals surface area contributed by atoms with E-state index in [1.807, 2.05) is 0 Å². The highest BCUT2D eigenvalue weighted by atomic mass is 32.1.